The Hall–Kier alpha value is -3.26. The van der Waals surface area contributed by atoms with Crippen molar-refractivity contribution in [2.45, 2.75) is 50.2 Å². The molecule has 1 N–H and O–H groups in total. The molecule has 8 heteroatoms. The Labute approximate surface area is 192 Å². The monoisotopic (exact) mass is 447 g/mol. The molecule has 1 aliphatic carbocycles. The van der Waals surface area contributed by atoms with Gasteiger partial charge in [0.2, 0.25) is 0 Å². The number of nitrogens with zero attached hydrogens (tertiary/aromatic N) is 4. The van der Waals surface area contributed by atoms with Crippen LogP contribution in [0.1, 0.15) is 55.6 Å². The highest BCUT2D eigenvalue weighted by Crippen LogP contribution is 2.43. The molecule has 1 saturated carbocycles. The SMILES string of the molecule is O=[N+]([O-])c1cccc(-n2cccc2C2C(c3ccccn3)NC(=S)N2C2CCCCC2)c1. The number of thiocarbonyl (C=S) groups is 1. The van der Waals surface area contributed by atoms with Crippen molar-refractivity contribution in [2.24, 2.45) is 0 Å². The molecule has 0 radical (unpaired) electrons. The van der Waals surface area contributed by atoms with Crippen LogP contribution in [0, 0.1) is 10.1 Å². The number of nitro groups is 1. The number of benzene rings is 1. The minimum atomic E-state index is -0.357. The fraction of sp³-hybridized carbons (Fsp3) is 0.333. The van der Waals surface area contributed by atoms with Gasteiger partial charge in [-0.1, -0.05) is 31.4 Å². The predicted molar refractivity (Wildman–Crippen MR) is 127 cm³/mol. The van der Waals surface area contributed by atoms with Crippen molar-refractivity contribution >= 4 is 23.0 Å². The highest BCUT2D eigenvalue weighted by atomic mass is 32.1. The van der Waals surface area contributed by atoms with E-state index < -0.39 is 0 Å². The van der Waals surface area contributed by atoms with Gasteiger partial charge in [-0.2, -0.15) is 0 Å². The molecule has 5 rings (SSSR count). The van der Waals surface area contributed by atoms with Crippen LogP contribution in [0.4, 0.5) is 5.69 Å². The Balaban J connectivity index is 1.61. The lowest BCUT2D eigenvalue weighted by molar-refractivity contribution is -0.384. The van der Waals surface area contributed by atoms with Gasteiger partial charge in [-0.05, 0) is 55.4 Å². The summed E-state index contributed by atoms with van der Waals surface area (Å²) < 4.78 is 2.04. The van der Waals surface area contributed by atoms with Crippen molar-refractivity contribution in [1.29, 1.82) is 0 Å². The Morgan fingerprint density at radius 2 is 1.91 bits per heavy atom. The molecule has 1 aromatic carbocycles. The molecule has 0 amide bonds. The number of non-ortho nitro benzene ring substituents is 1. The van der Waals surface area contributed by atoms with E-state index in [0.29, 0.717) is 6.04 Å². The molecule has 2 aliphatic rings. The van der Waals surface area contributed by atoms with Crippen LogP contribution < -0.4 is 5.32 Å². The van der Waals surface area contributed by atoms with E-state index in [1.54, 1.807) is 18.3 Å². The van der Waals surface area contributed by atoms with Crippen molar-refractivity contribution < 1.29 is 4.92 Å². The zero-order valence-corrected chi connectivity index (χ0v) is 18.4. The second kappa shape index (κ2) is 8.70. The van der Waals surface area contributed by atoms with E-state index in [0.717, 1.165) is 35.0 Å². The Morgan fingerprint density at radius 1 is 1.06 bits per heavy atom. The van der Waals surface area contributed by atoms with E-state index >= 15 is 0 Å². The average Bonchev–Trinajstić information content (AvgIpc) is 3.44. The third-order valence-electron chi connectivity index (χ3n) is 6.51. The number of rotatable bonds is 5. The average molecular weight is 448 g/mol. The van der Waals surface area contributed by atoms with Crippen molar-refractivity contribution in [3.05, 3.63) is 88.5 Å². The first-order valence-electron chi connectivity index (χ1n) is 11.1. The van der Waals surface area contributed by atoms with E-state index in [9.17, 15) is 10.1 Å². The number of nitrogens with one attached hydrogen (secondary N) is 1. The maximum atomic E-state index is 11.4. The van der Waals surface area contributed by atoms with Crippen LogP contribution in [0.2, 0.25) is 0 Å². The highest BCUT2D eigenvalue weighted by molar-refractivity contribution is 7.80. The van der Waals surface area contributed by atoms with E-state index in [1.165, 1.54) is 25.3 Å². The smallest absolute Gasteiger partial charge is 0.271 e. The Kier molecular flexibility index (Phi) is 5.61. The van der Waals surface area contributed by atoms with Crippen LogP contribution in [0.5, 0.6) is 0 Å². The number of aromatic nitrogens is 2. The van der Waals surface area contributed by atoms with Crippen LogP contribution in [0.25, 0.3) is 5.69 Å². The van der Waals surface area contributed by atoms with E-state index in [2.05, 4.69) is 21.3 Å². The summed E-state index contributed by atoms with van der Waals surface area (Å²) in [6, 6.07) is 17.0. The lowest BCUT2D eigenvalue weighted by Crippen LogP contribution is -2.40. The van der Waals surface area contributed by atoms with Gasteiger partial charge in [-0.25, -0.2) is 0 Å². The first-order chi connectivity index (χ1) is 15.6. The summed E-state index contributed by atoms with van der Waals surface area (Å²) in [7, 11) is 0. The van der Waals surface area contributed by atoms with Gasteiger partial charge in [0.1, 0.15) is 0 Å². The van der Waals surface area contributed by atoms with Gasteiger partial charge in [0.05, 0.1) is 28.4 Å². The van der Waals surface area contributed by atoms with Crippen molar-refractivity contribution in [2.75, 3.05) is 0 Å². The van der Waals surface area contributed by atoms with Gasteiger partial charge < -0.3 is 14.8 Å². The molecular weight excluding hydrogens is 422 g/mol. The Bertz CT molecular complexity index is 1130. The van der Waals surface area contributed by atoms with E-state index in [-0.39, 0.29) is 22.7 Å². The molecule has 32 heavy (non-hydrogen) atoms. The number of hydrogen-bond donors (Lipinski definition) is 1. The molecule has 164 valence electrons. The summed E-state index contributed by atoms with van der Waals surface area (Å²) in [6.45, 7) is 0. The van der Waals surface area contributed by atoms with Gasteiger partial charge in [0.15, 0.2) is 5.11 Å². The summed E-state index contributed by atoms with van der Waals surface area (Å²) in [6.07, 6.45) is 9.68. The first kappa shape index (κ1) is 20.6. The maximum Gasteiger partial charge on any atom is 0.271 e. The van der Waals surface area contributed by atoms with Crippen molar-refractivity contribution in [3.63, 3.8) is 0 Å². The van der Waals surface area contributed by atoms with Crippen molar-refractivity contribution in [3.8, 4) is 5.69 Å². The van der Waals surface area contributed by atoms with Crippen LogP contribution in [0.3, 0.4) is 0 Å². The van der Waals surface area contributed by atoms with Gasteiger partial charge in [0.25, 0.3) is 5.69 Å². The summed E-state index contributed by atoms with van der Waals surface area (Å²) >= 11 is 5.85. The van der Waals surface area contributed by atoms with Crippen LogP contribution in [0.15, 0.2) is 67.0 Å². The third kappa shape index (κ3) is 3.75. The lowest BCUT2D eigenvalue weighted by Gasteiger charge is -2.37. The predicted octanol–water partition coefficient (Wildman–Crippen LogP) is 5.09. The largest absolute Gasteiger partial charge is 0.352 e. The van der Waals surface area contributed by atoms with Gasteiger partial charge in [-0.3, -0.25) is 15.1 Å². The molecule has 0 spiro atoms. The van der Waals surface area contributed by atoms with Crippen LogP contribution in [-0.2, 0) is 0 Å². The maximum absolute atomic E-state index is 11.4. The molecular formula is C24H25N5O2S. The highest BCUT2D eigenvalue weighted by Gasteiger charge is 2.44. The summed E-state index contributed by atoms with van der Waals surface area (Å²) in [4.78, 5) is 18.0. The first-order valence-corrected chi connectivity index (χ1v) is 11.5. The quantitative estimate of drug-likeness (QED) is 0.334. The molecule has 1 aliphatic heterocycles. The van der Waals surface area contributed by atoms with Gasteiger partial charge in [-0.15, -0.1) is 0 Å². The fourth-order valence-electron chi connectivity index (χ4n) is 5.06. The standard InChI is InChI=1S/C24H25N5O2S/c30-29(31)19-11-6-10-18(16-19)27-15-7-13-21(27)23-22(20-12-4-5-14-25-20)26-24(32)28(23)17-8-2-1-3-9-17/h4-7,10-17,22-23H,1-3,8-9H2,(H,26,32). The molecule has 2 aromatic heterocycles. The molecule has 0 bridgehead atoms. The molecule has 1 saturated heterocycles. The molecule has 2 unspecified atom stereocenters. The molecule has 3 aromatic rings. The normalized spacial score (nSPS) is 21.5. The number of hydrogen-bond acceptors (Lipinski definition) is 4. The second-order valence-electron chi connectivity index (χ2n) is 8.41. The Morgan fingerprint density at radius 3 is 2.66 bits per heavy atom. The van der Waals surface area contributed by atoms with E-state index in [4.69, 9.17) is 12.2 Å². The summed E-state index contributed by atoms with van der Waals surface area (Å²) in [5, 5.41) is 15.6. The van der Waals surface area contributed by atoms with Crippen LogP contribution in [-0.4, -0.2) is 30.5 Å². The zero-order chi connectivity index (χ0) is 22.1. The topological polar surface area (TPSA) is 76.2 Å². The van der Waals surface area contributed by atoms with Crippen molar-refractivity contribution in [1.82, 2.24) is 19.8 Å². The molecule has 2 atom stereocenters. The minimum absolute atomic E-state index is 0.0604. The fourth-order valence-corrected chi connectivity index (χ4v) is 5.45. The third-order valence-corrected chi connectivity index (χ3v) is 6.83. The van der Waals surface area contributed by atoms with E-state index in [1.807, 2.05) is 41.1 Å². The molecule has 3 heterocycles. The van der Waals surface area contributed by atoms with Gasteiger partial charge >= 0.3 is 0 Å². The minimum Gasteiger partial charge on any atom is -0.352 e. The molecule has 7 nitrogen and oxygen atoms in total. The summed E-state index contributed by atoms with van der Waals surface area (Å²) in [5.41, 5.74) is 2.82. The number of pyridine rings is 1. The lowest BCUT2D eigenvalue weighted by atomic mass is 9.92. The molecule has 2 fully saturated rings. The number of nitro benzene ring substituents is 1. The summed E-state index contributed by atoms with van der Waals surface area (Å²) in [5.74, 6) is 0. The zero-order valence-electron chi connectivity index (χ0n) is 17.6. The van der Waals surface area contributed by atoms with Crippen LogP contribution >= 0.6 is 12.2 Å². The second-order valence-corrected chi connectivity index (χ2v) is 8.79. The van der Waals surface area contributed by atoms with Gasteiger partial charge in [0, 0.05) is 36.3 Å².